The Labute approximate surface area is 171 Å². The van der Waals surface area contributed by atoms with Crippen LogP contribution in [0.3, 0.4) is 0 Å². The lowest BCUT2D eigenvalue weighted by Gasteiger charge is -2.11. The minimum atomic E-state index is 0.103. The SMILES string of the molecule is Cc1cc(-c2ccc(CC(=O)CC(C)c3cc4ccccc4cn3)cc2)ccn1. The highest BCUT2D eigenvalue weighted by Crippen LogP contribution is 2.23. The lowest BCUT2D eigenvalue weighted by Crippen LogP contribution is -2.08. The highest BCUT2D eigenvalue weighted by Gasteiger charge is 2.14. The fourth-order valence-corrected chi connectivity index (χ4v) is 3.66. The Morgan fingerprint density at radius 3 is 2.41 bits per heavy atom. The molecular weight excluding hydrogens is 356 g/mol. The molecule has 1 unspecified atom stereocenters. The third kappa shape index (κ3) is 4.57. The molecule has 0 fully saturated rings. The molecular formula is C26H24N2O. The molecule has 0 radical (unpaired) electrons. The van der Waals surface area contributed by atoms with Crippen LogP contribution in [0.4, 0.5) is 0 Å². The number of ketones is 1. The number of fused-ring (bicyclic) bond motifs is 1. The van der Waals surface area contributed by atoms with Gasteiger partial charge in [0, 0.05) is 47.9 Å². The van der Waals surface area contributed by atoms with Gasteiger partial charge in [-0.1, -0.05) is 55.5 Å². The van der Waals surface area contributed by atoms with Gasteiger partial charge in [0.25, 0.3) is 0 Å². The number of aromatic nitrogens is 2. The first-order chi connectivity index (χ1) is 14.1. The second-order valence-corrected chi connectivity index (χ2v) is 7.66. The summed E-state index contributed by atoms with van der Waals surface area (Å²) in [6, 6.07) is 22.6. The normalized spacial score (nSPS) is 12.1. The minimum Gasteiger partial charge on any atom is -0.299 e. The van der Waals surface area contributed by atoms with Gasteiger partial charge in [-0.2, -0.15) is 0 Å². The van der Waals surface area contributed by atoms with E-state index in [9.17, 15) is 4.79 Å². The summed E-state index contributed by atoms with van der Waals surface area (Å²) < 4.78 is 0. The first-order valence-electron chi connectivity index (χ1n) is 9.97. The molecule has 3 nitrogen and oxygen atoms in total. The molecule has 144 valence electrons. The Hall–Kier alpha value is -3.33. The summed E-state index contributed by atoms with van der Waals surface area (Å²) in [5, 5.41) is 2.29. The largest absolute Gasteiger partial charge is 0.299 e. The standard InChI is InChI=1S/C26H24N2O/c1-18(26-16-22-5-3-4-6-24(22)17-28-26)13-25(29)15-20-7-9-21(10-8-20)23-11-12-27-19(2)14-23/h3-12,14,16-18H,13,15H2,1-2H3. The van der Waals surface area contributed by atoms with E-state index in [2.05, 4.69) is 53.3 Å². The van der Waals surface area contributed by atoms with E-state index in [0.29, 0.717) is 12.8 Å². The summed E-state index contributed by atoms with van der Waals surface area (Å²) in [6.45, 7) is 4.06. The average Bonchev–Trinajstić information content (AvgIpc) is 2.74. The summed E-state index contributed by atoms with van der Waals surface area (Å²) >= 11 is 0. The van der Waals surface area contributed by atoms with Crippen molar-refractivity contribution in [1.29, 1.82) is 0 Å². The Morgan fingerprint density at radius 1 is 0.897 bits per heavy atom. The van der Waals surface area contributed by atoms with Gasteiger partial charge in [0.05, 0.1) is 0 Å². The van der Waals surface area contributed by atoms with Crippen molar-refractivity contribution in [3.8, 4) is 11.1 Å². The van der Waals surface area contributed by atoms with Crippen LogP contribution in [0, 0.1) is 6.92 Å². The number of aryl methyl sites for hydroxylation is 1. The van der Waals surface area contributed by atoms with Crippen molar-refractivity contribution < 1.29 is 4.79 Å². The summed E-state index contributed by atoms with van der Waals surface area (Å²) in [5.41, 5.74) is 5.30. The van der Waals surface area contributed by atoms with Crippen molar-refractivity contribution in [2.45, 2.75) is 32.6 Å². The molecule has 4 rings (SSSR count). The van der Waals surface area contributed by atoms with E-state index in [4.69, 9.17) is 0 Å². The van der Waals surface area contributed by atoms with E-state index in [1.54, 1.807) is 0 Å². The number of benzene rings is 2. The van der Waals surface area contributed by atoms with E-state index >= 15 is 0 Å². The molecule has 2 aromatic heterocycles. The van der Waals surface area contributed by atoms with E-state index < -0.39 is 0 Å². The van der Waals surface area contributed by atoms with Gasteiger partial charge in [-0.05, 0) is 47.2 Å². The Morgan fingerprint density at radius 2 is 1.66 bits per heavy atom. The molecule has 0 saturated heterocycles. The lowest BCUT2D eigenvalue weighted by atomic mass is 9.95. The number of hydrogen-bond acceptors (Lipinski definition) is 3. The molecule has 0 saturated carbocycles. The zero-order chi connectivity index (χ0) is 20.2. The molecule has 3 heteroatoms. The Bertz CT molecular complexity index is 1150. The number of Topliss-reactive ketones (excluding diaryl/α,β-unsaturated/α-hetero) is 1. The van der Waals surface area contributed by atoms with Gasteiger partial charge >= 0.3 is 0 Å². The van der Waals surface area contributed by atoms with Crippen molar-refractivity contribution in [1.82, 2.24) is 9.97 Å². The molecule has 4 aromatic rings. The van der Waals surface area contributed by atoms with Gasteiger partial charge in [-0.15, -0.1) is 0 Å². The number of nitrogens with zero attached hydrogens (tertiary/aromatic N) is 2. The predicted molar refractivity (Wildman–Crippen MR) is 118 cm³/mol. The molecule has 0 aliphatic carbocycles. The van der Waals surface area contributed by atoms with Crippen molar-refractivity contribution >= 4 is 16.6 Å². The van der Waals surface area contributed by atoms with Crippen LogP contribution in [-0.4, -0.2) is 15.8 Å². The molecule has 2 heterocycles. The molecule has 29 heavy (non-hydrogen) atoms. The van der Waals surface area contributed by atoms with E-state index in [0.717, 1.165) is 33.5 Å². The molecule has 1 atom stereocenters. The summed E-state index contributed by atoms with van der Waals surface area (Å²) in [7, 11) is 0. The van der Waals surface area contributed by atoms with E-state index in [1.807, 2.05) is 49.6 Å². The fourth-order valence-electron chi connectivity index (χ4n) is 3.66. The number of carbonyl (C=O) groups is 1. The van der Waals surface area contributed by atoms with Crippen molar-refractivity contribution in [3.05, 3.63) is 96.1 Å². The van der Waals surface area contributed by atoms with Gasteiger partial charge in [0.2, 0.25) is 0 Å². The zero-order valence-electron chi connectivity index (χ0n) is 16.8. The first kappa shape index (κ1) is 19.0. The molecule has 0 aliphatic rings. The topological polar surface area (TPSA) is 42.9 Å². The van der Waals surface area contributed by atoms with Gasteiger partial charge in [-0.25, -0.2) is 0 Å². The summed E-state index contributed by atoms with van der Waals surface area (Å²) in [4.78, 5) is 21.4. The quantitative estimate of drug-likeness (QED) is 0.417. The predicted octanol–water partition coefficient (Wildman–Crippen LogP) is 5.91. The highest BCUT2D eigenvalue weighted by atomic mass is 16.1. The zero-order valence-corrected chi connectivity index (χ0v) is 16.8. The van der Waals surface area contributed by atoms with Crippen LogP contribution in [0.2, 0.25) is 0 Å². The lowest BCUT2D eigenvalue weighted by molar-refractivity contribution is -0.118. The van der Waals surface area contributed by atoms with Crippen molar-refractivity contribution in [2.24, 2.45) is 0 Å². The average molecular weight is 380 g/mol. The molecule has 2 aromatic carbocycles. The van der Waals surface area contributed by atoms with Crippen molar-refractivity contribution in [3.63, 3.8) is 0 Å². The minimum absolute atomic E-state index is 0.103. The maximum absolute atomic E-state index is 12.6. The third-order valence-corrected chi connectivity index (χ3v) is 5.28. The van der Waals surface area contributed by atoms with Crippen molar-refractivity contribution in [2.75, 3.05) is 0 Å². The van der Waals surface area contributed by atoms with E-state index in [1.165, 1.54) is 5.39 Å². The van der Waals surface area contributed by atoms with Crippen LogP contribution in [0.25, 0.3) is 21.9 Å². The monoisotopic (exact) mass is 380 g/mol. The molecule has 0 aliphatic heterocycles. The number of rotatable bonds is 6. The second kappa shape index (κ2) is 8.36. The van der Waals surface area contributed by atoms with Crippen LogP contribution >= 0.6 is 0 Å². The number of hydrogen-bond donors (Lipinski definition) is 0. The Balaban J connectivity index is 1.41. The van der Waals surface area contributed by atoms with Crippen LogP contribution in [0.15, 0.2) is 79.1 Å². The number of pyridine rings is 2. The van der Waals surface area contributed by atoms with Crippen LogP contribution in [0.1, 0.15) is 36.2 Å². The van der Waals surface area contributed by atoms with Gasteiger partial charge in [0.15, 0.2) is 0 Å². The second-order valence-electron chi connectivity index (χ2n) is 7.66. The smallest absolute Gasteiger partial charge is 0.137 e. The van der Waals surface area contributed by atoms with Crippen LogP contribution in [0.5, 0.6) is 0 Å². The number of carbonyl (C=O) groups excluding carboxylic acids is 1. The molecule has 0 amide bonds. The Kier molecular flexibility index (Phi) is 5.48. The molecule has 0 bridgehead atoms. The van der Waals surface area contributed by atoms with E-state index in [-0.39, 0.29) is 11.7 Å². The van der Waals surface area contributed by atoms with Crippen LogP contribution in [-0.2, 0) is 11.2 Å². The fraction of sp³-hybridized carbons (Fsp3) is 0.192. The first-order valence-corrected chi connectivity index (χ1v) is 9.97. The van der Waals surface area contributed by atoms with Gasteiger partial charge < -0.3 is 0 Å². The summed E-state index contributed by atoms with van der Waals surface area (Å²) in [5.74, 6) is 0.339. The maximum atomic E-state index is 12.6. The molecule has 0 spiro atoms. The maximum Gasteiger partial charge on any atom is 0.137 e. The van der Waals surface area contributed by atoms with Crippen LogP contribution < -0.4 is 0 Å². The summed E-state index contributed by atoms with van der Waals surface area (Å²) in [6.07, 6.45) is 4.67. The third-order valence-electron chi connectivity index (χ3n) is 5.28. The van der Waals surface area contributed by atoms with Gasteiger partial charge in [-0.3, -0.25) is 14.8 Å². The molecule has 0 N–H and O–H groups in total. The highest BCUT2D eigenvalue weighted by molar-refractivity contribution is 5.83. The van der Waals surface area contributed by atoms with Gasteiger partial charge in [0.1, 0.15) is 5.78 Å².